The molecule has 1 rings (SSSR count). The van der Waals surface area contributed by atoms with Crippen LogP contribution in [0, 0.1) is 12.3 Å². The Labute approximate surface area is 96.1 Å². The molecule has 0 atom stereocenters. The molecule has 1 aromatic rings. The van der Waals surface area contributed by atoms with Gasteiger partial charge in [0.2, 0.25) is 0 Å². The van der Waals surface area contributed by atoms with Crippen LogP contribution in [0.1, 0.15) is 44.4 Å². The summed E-state index contributed by atoms with van der Waals surface area (Å²) in [6, 6.07) is 0. The van der Waals surface area contributed by atoms with Gasteiger partial charge in [-0.2, -0.15) is 0 Å². The zero-order valence-electron chi connectivity index (χ0n) is 10.4. The van der Waals surface area contributed by atoms with Gasteiger partial charge < -0.3 is 10.1 Å². The van der Waals surface area contributed by atoms with Gasteiger partial charge in [0.05, 0.1) is 11.1 Å². The number of aliphatic carboxylic acids is 1. The third kappa shape index (κ3) is 2.84. The molecule has 0 unspecified atom stereocenters. The zero-order valence-corrected chi connectivity index (χ0v) is 10.4. The van der Waals surface area contributed by atoms with Crippen molar-refractivity contribution in [2.24, 2.45) is 5.41 Å². The van der Waals surface area contributed by atoms with Gasteiger partial charge in [-0.15, -0.1) is 0 Å². The SMILES string of the molecule is CCCc1nc(CC(C)(C)C(=O)O)[nH]c1C. The number of H-pyrrole nitrogens is 1. The zero-order chi connectivity index (χ0) is 12.3. The van der Waals surface area contributed by atoms with E-state index in [4.69, 9.17) is 5.11 Å². The molecule has 0 amide bonds. The summed E-state index contributed by atoms with van der Waals surface area (Å²) in [7, 11) is 0. The van der Waals surface area contributed by atoms with Gasteiger partial charge in [-0.1, -0.05) is 13.3 Å². The largest absolute Gasteiger partial charge is 0.481 e. The van der Waals surface area contributed by atoms with Crippen LogP contribution in [0.3, 0.4) is 0 Å². The highest BCUT2D eigenvalue weighted by Gasteiger charge is 2.28. The number of hydrogen-bond donors (Lipinski definition) is 2. The second-order valence-electron chi connectivity index (χ2n) is 4.87. The lowest BCUT2D eigenvalue weighted by Gasteiger charge is -2.16. The third-order valence-corrected chi connectivity index (χ3v) is 2.71. The van der Waals surface area contributed by atoms with Crippen LogP contribution in [0.25, 0.3) is 0 Å². The summed E-state index contributed by atoms with van der Waals surface area (Å²) in [5, 5.41) is 9.04. The standard InChI is InChI=1S/C12H20N2O2/c1-5-6-9-8(2)13-10(14-9)7-12(3,4)11(15)16/h5-7H2,1-4H3,(H,13,14)(H,15,16). The lowest BCUT2D eigenvalue weighted by atomic mass is 9.89. The molecule has 0 saturated carbocycles. The van der Waals surface area contributed by atoms with E-state index >= 15 is 0 Å². The number of aromatic amines is 1. The number of carboxylic acid groups (broad SMARTS) is 1. The molecule has 1 heterocycles. The predicted octanol–water partition coefficient (Wildman–Crippen LogP) is 2.32. The first kappa shape index (κ1) is 12.7. The van der Waals surface area contributed by atoms with E-state index in [-0.39, 0.29) is 0 Å². The van der Waals surface area contributed by atoms with Crippen molar-refractivity contribution in [3.63, 3.8) is 0 Å². The van der Waals surface area contributed by atoms with Crippen molar-refractivity contribution < 1.29 is 9.90 Å². The Morgan fingerprint density at radius 1 is 1.50 bits per heavy atom. The van der Waals surface area contributed by atoms with Crippen molar-refractivity contribution in [3.05, 3.63) is 17.2 Å². The summed E-state index contributed by atoms with van der Waals surface area (Å²) in [5.74, 6) is -0.0213. The number of carbonyl (C=O) groups is 1. The van der Waals surface area contributed by atoms with Crippen LogP contribution in [-0.4, -0.2) is 21.0 Å². The van der Waals surface area contributed by atoms with Crippen molar-refractivity contribution in [1.82, 2.24) is 9.97 Å². The fraction of sp³-hybridized carbons (Fsp3) is 0.667. The van der Waals surface area contributed by atoms with E-state index in [1.54, 1.807) is 13.8 Å². The number of aromatic nitrogens is 2. The van der Waals surface area contributed by atoms with E-state index in [0.29, 0.717) is 6.42 Å². The van der Waals surface area contributed by atoms with Gasteiger partial charge in [0, 0.05) is 12.1 Å². The van der Waals surface area contributed by atoms with E-state index in [9.17, 15) is 4.79 Å². The molecular formula is C12H20N2O2. The normalized spacial score (nSPS) is 11.8. The number of carboxylic acids is 1. The maximum absolute atomic E-state index is 11.0. The molecule has 0 bridgehead atoms. The van der Waals surface area contributed by atoms with Gasteiger partial charge >= 0.3 is 5.97 Å². The third-order valence-electron chi connectivity index (χ3n) is 2.71. The molecule has 0 spiro atoms. The first-order valence-corrected chi connectivity index (χ1v) is 5.64. The second kappa shape index (κ2) is 4.68. The lowest BCUT2D eigenvalue weighted by Crippen LogP contribution is -2.26. The predicted molar refractivity (Wildman–Crippen MR) is 62.4 cm³/mol. The molecule has 0 aliphatic heterocycles. The Kier molecular flexibility index (Phi) is 3.73. The highest BCUT2D eigenvalue weighted by Crippen LogP contribution is 2.21. The topological polar surface area (TPSA) is 66.0 Å². The Bertz CT molecular complexity index is 380. The summed E-state index contributed by atoms with van der Waals surface area (Å²) in [4.78, 5) is 18.6. The Hall–Kier alpha value is -1.32. The minimum atomic E-state index is -0.793. The van der Waals surface area contributed by atoms with E-state index in [2.05, 4.69) is 16.9 Å². The van der Waals surface area contributed by atoms with Gasteiger partial charge in [-0.05, 0) is 27.2 Å². The number of imidazole rings is 1. The number of nitrogens with zero attached hydrogens (tertiary/aromatic N) is 1. The van der Waals surface area contributed by atoms with Crippen LogP contribution in [0.15, 0.2) is 0 Å². The molecule has 0 aliphatic carbocycles. The fourth-order valence-corrected chi connectivity index (χ4v) is 1.62. The highest BCUT2D eigenvalue weighted by atomic mass is 16.4. The van der Waals surface area contributed by atoms with Crippen LogP contribution >= 0.6 is 0 Å². The van der Waals surface area contributed by atoms with Gasteiger partial charge in [0.1, 0.15) is 5.82 Å². The molecule has 16 heavy (non-hydrogen) atoms. The highest BCUT2D eigenvalue weighted by molar-refractivity contribution is 5.73. The molecule has 90 valence electrons. The van der Waals surface area contributed by atoms with Crippen molar-refractivity contribution in [2.75, 3.05) is 0 Å². The monoisotopic (exact) mass is 224 g/mol. The Morgan fingerprint density at radius 2 is 2.12 bits per heavy atom. The van der Waals surface area contributed by atoms with Gasteiger partial charge in [-0.25, -0.2) is 4.98 Å². The first-order valence-electron chi connectivity index (χ1n) is 5.64. The van der Waals surface area contributed by atoms with Crippen LogP contribution in [0.2, 0.25) is 0 Å². The molecular weight excluding hydrogens is 204 g/mol. The molecule has 2 N–H and O–H groups in total. The number of nitrogens with one attached hydrogen (secondary N) is 1. The Morgan fingerprint density at radius 3 is 2.62 bits per heavy atom. The summed E-state index contributed by atoms with van der Waals surface area (Å²) in [5.41, 5.74) is 1.34. The number of hydrogen-bond acceptors (Lipinski definition) is 2. The average Bonchev–Trinajstić information content (AvgIpc) is 2.46. The van der Waals surface area contributed by atoms with E-state index < -0.39 is 11.4 Å². The summed E-state index contributed by atoms with van der Waals surface area (Å²) < 4.78 is 0. The average molecular weight is 224 g/mol. The molecule has 1 aromatic heterocycles. The van der Waals surface area contributed by atoms with Gasteiger partial charge in [0.15, 0.2) is 0 Å². The molecule has 0 aliphatic rings. The van der Waals surface area contributed by atoms with Crippen molar-refractivity contribution in [1.29, 1.82) is 0 Å². The minimum Gasteiger partial charge on any atom is -0.481 e. The Balaban J connectivity index is 2.82. The molecule has 4 nitrogen and oxygen atoms in total. The number of aryl methyl sites for hydroxylation is 2. The molecule has 4 heteroatoms. The first-order chi connectivity index (χ1) is 7.36. The van der Waals surface area contributed by atoms with Crippen LogP contribution in [0.4, 0.5) is 0 Å². The summed E-state index contributed by atoms with van der Waals surface area (Å²) in [6.07, 6.45) is 2.43. The number of rotatable bonds is 5. The smallest absolute Gasteiger partial charge is 0.309 e. The van der Waals surface area contributed by atoms with Crippen molar-refractivity contribution >= 4 is 5.97 Å². The van der Waals surface area contributed by atoms with Gasteiger partial charge in [0.25, 0.3) is 0 Å². The maximum atomic E-state index is 11.0. The molecule has 0 saturated heterocycles. The van der Waals surface area contributed by atoms with Crippen LogP contribution in [0.5, 0.6) is 0 Å². The molecule has 0 radical (unpaired) electrons. The van der Waals surface area contributed by atoms with Crippen LogP contribution in [-0.2, 0) is 17.6 Å². The molecule has 0 fully saturated rings. The second-order valence-corrected chi connectivity index (χ2v) is 4.87. The minimum absolute atomic E-state index is 0.437. The maximum Gasteiger partial charge on any atom is 0.309 e. The quantitative estimate of drug-likeness (QED) is 0.806. The van der Waals surface area contributed by atoms with E-state index in [1.165, 1.54) is 0 Å². The molecule has 0 aromatic carbocycles. The lowest BCUT2D eigenvalue weighted by molar-refractivity contribution is -0.146. The fourth-order valence-electron chi connectivity index (χ4n) is 1.62. The van der Waals surface area contributed by atoms with E-state index in [0.717, 1.165) is 30.1 Å². The van der Waals surface area contributed by atoms with Crippen molar-refractivity contribution in [3.8, 4) is 0 Å². The van der Waals surface area contributed by atoms with E-state index in [1.807, 2.05) is 6.92 Å². The summed E-state index contributed by atoms with van der Waals surface area (Å²) in [6.45, 7) is 7.52. The van der Waals surface area contributed by atoms with Crippen molar-refractivity contribution in [2.45, 2.75) is 47.0 Å². The van der Waals surface area contributed by atoms with Gasteiger partial charge in [-0.3, -0.25) is 4.79 Å². The summed E-state index contributed by atoms with van der Waals surface area (Å²) >= 11 is 0. The van der Waals surface area contributed by atoms with Crippen LogP contribution < -0.4 is 0 Å².